The molecule has 0 unspecified atom stereocenters. The number of nitrogens with zero attached hydrogens (tertiary/aromatic N) is 2. The van der Waals surface area contributed by atoms with Gasteiger partial charge < -0.3 is 4.90 Å². The van der Waals surface area contributed by atoms with Crippen molar-refractivity contribution in [3.63, 3.8) is 0 Å². The summed E-state index contributed by atoms with van der Waals surface area (Å²) >= 11 is 0. The molecular formula is C9H14N2. The Morgan fingerprint density at radius 1 is 1.55 bits per heavy atom. The standard InChI is InChI=1S/C9H14N2/c1-7-6-9(2,3)8-10-4-5-11(7)8/h1,4-6H2,2-3H3. The van der Waals surface area contributed by atoms with Crippen molar-refractivity contribution in [3.8, 4) is 0 Å². The fourth-order valence-electron chi connectivity index (χ4n) is 2.02. The van der Waals surface area contributed by atoms with E-state index in [1.807, 2.05) is 0 Å². The molecule has 2 heteroatoms. The van der Waals surface area contributed by atoms with Gasteiger partial charge in [0.15, 0.2) is 0 Å². The van der Waals surface area contributed by atoms with Crippen LogP contribution in [0.2, 0.25) is 0 Å². The Hall–Kier alpha value is -0.790. The Morgan fingerprint density at radius 3 is 2.91 bits per heavy atom. The lowest BCUT2D eigenvalue weighted by atomic mass is 9.91. The highest BCUT2D eigenvalue weighted by Gasteiger charge is 2.40. The molecule has 0 aromatic rings. The van der Waals surface area contributed by atoms with Crippen LogP contribution < -0.4 is 0 Å². The largest absolute Gasteiger partial charge is 0.332 e. The molecule has 2 aliphatic rings. The third kappa shape index (κ3) is 0.817. The summed E-state index contributed by atoms with van der Waals surface area (Å²) in [7, 11) is 0. The molecule has 0 aromatic carbocycles. The minimum absolute atomic E-state index is 0.244. The van der Waals surface area contributed by atoms with Crippen LogP contribution in [0.4, 0.5) is 0 Å². The van der Waals surface area contributed by atoms with Crippen LogP contribution >= 0.6 is 0 Å². The predicted molar refractivity (Wildman–Crippen MR) is 46.5 cm³/mol. The van der Waals surface area contributed by atoms with Crippen LogP contribution in [-0.2, 0) is 0 Å². The molecular weight excluding hydrogens is 136 g/mol. The third-order valence-corrected chi connectivity index (χ3v) is 2.47. The molecule has 1 saturated heterocycles. The molecule has 0 spiro atoms. The van der Waals surface area contributed by atoms with Crippen LogP contribution in [0.15, 0.2) is 17.3 Å². The lowest BCUT2D eigenvalue weighted by molar-refractivity contribution is 0.544. The highest BCUT2D eigenvalue weighted by molar-refractivity contribution is 5.93. The molecule has 0 aliphatic carbocycles. The van der Waals surface area contributed by atoms with Gasteiger partial charge >= 0.3 is 0 Å². The zero-order valence-corrected chi connectivity index (χ0v) is 7.22. The van der Waals surface area contributed by atoms with E-state index in [0.29, 0.717) is 0 Å². The Balaban J connectivity index is 2.40. The number of rotatable bonds is 0. The normalized spacial score (nSPS) is 27.3. The summed E-state index contributed by atoms with van der Waals surface area (Å²) in [5.41, 5.74) is 1.49. The van der Waals surface area contributed by atoms with Crippen LogP contribution in [0.3, 0.4) is 0 Å². The van der Waals surface area contributed by atoms with Crippen molar-refractivity contribution in [2.75, 3.05) is 13.1 Å². The minimum Gasteiger partial charge on any atom is -0.332 e. The first kappa shape index (κ1) is 6.89. The first-order valence-corrected chi connectivity index (χ1v) is 4.11. The quantitative estimate of drug-likeness (QED) is 0.512. The van der Waals surface area contributed by atoms with Crippen molar-refractivity contribution in [2.45, 2.75) is 20.3 Å². The molecule has 2 nitrogen and oxygen atoms in total. The molecule has 60 valence electrons. The second kappa shape index (κ2) is 1.87. The highest BCUT2D eigenvalue weighted by atomic mass is 15.3. The van der Waals surface area contributed by atoms with Crippen molar-refractivity contribution < 1.29 is 0 Å². The summed E-state index contributed by atoms with van der Waals surface area (Å²) in [4.78, 5) is 6.75. The molecule has 2 rings (SSSR count). The van der Waals surface area contributed by atoms with E-state index in [0.717, 1.165) is 19.5 Å². The SMILES string of the molecule is C=C1CC(C)(C)C2=NCCN12. The summed E-state index contributed by atoms with van der Waals surface area (Å²) in [5.74, 6) is 1.25. The molecule has 0 atom stereocenters. The van der Waals surface area contributed by atoms with Crippen molar-refractivity contribution in [2.24, 2.45) is 10.4 Å². The lowest BCUT2D eigenvalue weighted by Gasteiger charge is -2.17. The number of fused-ring (bicyclic) bond motifs is 1. The van der Waals surface area contributed by atoms with E-state index in [4.69, 9.17) is 0 Å². The van der Waals surface area contributed by atoms with Gasteiger partial charge in [-0.1, -0.05) is 20.4 Å². The number of amidine groups is 1. The van der Waals surface area contributed by atoms with E-state index >= 15 is 0 Å². The highest BCUT2D eigenvalue weighted by Crippen LogP contribution is 2.39. The van der Waals surface area contributed by atoms with Crippen molar-refractivity contribution in [1.29, 1.82) is 0 Å². The Bertz CT molecular complexity index is 238. The maximum atomic E-state index is 4.48. The molecule has 0 bridgehead atoms. The summed E-state index contributed by atoms with van der Waals surface area (Å²) in [5, 5.41) is 0. The first-order chi connectivity index (χ1) is 5.11. The third-order valence-electron chi connectivity index (χ3n) is 2.47. The van der Waals surface area contributed by atoms with E-state index in [1.165, 1.54) is 11.5 Å². The van der Waals surface area contributed by atoms with Crippen LogP contribution in [-0.4, -0.2) is 23.8 Å². The summed E-state index contributed by atoms with van der Waals surface area (Å²) < 4.78 is 0. The minimum atomic E-state index is 0.244. The van der Waals surface area contributed by atoms with Gasteiger partial charge in [0.05, 0.1) is 6.54 Å². The summed E-state index contributed by atoms with van der Waals surface area (Å²) in [6, 6.07) is 0. The molecule has 0 aromatic heterocycles. The molecule has 0 saturated carbocycles. The monoisotopic (exact) mass is 150 g/mol. The van der Waals surface area contributed by atoms with Gasteiger partial charge in [-0.2, -0.15) is 0 Å². The molecule has 0 amide bonds. The predicted octanol–water partition coefficient (Wildman–Crippen LogP) is 1.64. The van der Waals surface area contributed by atoms with Gasteiger partial charge in [0.2, 0.25) is 0 Å². The molecule has 2 aliphatic heterocycles. The van der Waals surface area contributed by atoms with Crippen molar-refractivity contribution >= 4 is 5.84 Å². The van der Waals surface area contributed by atoms with E-state index in [1.54, 1.807) is 0 Å². The second-order valence-electron chi connectivity index (χ2n) is 3.98. The van der Waals surface area contributed by atoms with Crippen molar-refractivity contribution in [1.82, 2.24) is 4.90 Å². The van der Waals surface area contributed by atoms with E-state index < -0.39 is 0 Å². The molecule has 2 heterocycles. The Kier molecular flexibility index (Phi) is 1.17. The second-order valence-corrected chi connectivity index (χ2v) is 3.98. The first-order valence-electron chi connectivity index (χ1n) is 4.11. The average molecular weight is 150 g/mol. The van der Waals surface area contributed by atoms with Gasteiger partial charge in [0, 0.05) is 17.7 Å². The van der Waals surface area contributed by atoms with Gasteiger partial charge in [-0.3, -0.25) is 4.99 Å². The molecule has 1 fully saturated rings. The van der Waals surface area contributed by atoms with E-state index in [9.17, 15) is 0 Å². The van der Waals surface area contributed by atoms with Gasteiger partial charge in [-0.25, -0.2) is 0 Å². The fraction of sp³-hybridized carbons (Fsp3) is 0.667. The van der Waals surface area contributed by atoms with Crippen LogP contribution in [0.5, 0.6) is 0 Å². The van der Waals surface area contributed by atoms with Gasteiger partial charge in [-0.15, -0.1) is 0 Å². The lowest BCUT2D eigenvalue weighted by Crippen LogP contribution is -2.26. The maximum Gasteiger partial charge on any atom is 0.109 e. The molecule has 11 heavy (non-hydrogen) atoms. The number of hydrogen-bond donors (Lipinski definition) is 0. The summed E-state index contributed by atoms with van der Waals surface area (Å²) in [6.45, 7) is 10.5. The topological polar surface area (TPSA) is 15.6 Å². The number of aliphatic imine (C=N–C) groups is 1. The van der Waals surface area contributed by atoms with Crippen LogP contribution in [0.1, 0.15) is 20.3 Å². The van der Waals surface area contributed by atoms with Gasteiger partial charge in [0.25, 0.3) is 0 Å². The maximum absolute atomic E-state index is 4.48. The zero-order valence-electron chi connectivity index (χ0n) is 7.22. The smallest absolute Gasteiger partial charge is 0.109 e. The number of hydrogen-bond acceptors (Lipinski definition) is 2. The van der Waals surface area contributed by atoms with Crippen LogP contribution in [0.25, 0.3) is 0 Å². The molecule has 0 radical (unpaired) electrons. The Morgan fingerprint density at radius 2 is 2.27 bits per heavy atom. The fourth-order valence-corrected chi connectivity index (χ4v) is 2.02. The van der Waals surface area contributed by atoms with Crippen molar-refractivity contribution in [3.05, 3.63) is 12.3 Å². The van der Waals surface area contributed by atoms with Gasteiger partial charge in [0.1, 0.15) is 5.84 Å². The van der Waals surface area contributed by atoms with E-state index in [-0.39, 0.29) is 5.41 Å². The van der Waals surface area contributed by atoms with Crippen LogP contribution in [0, 0.1) is 5.41 Å². The molecule has 0 N–H and O–H groups in total. The Labute approximate surface area is 67.6 Å². The zero-order chi connectivity index (χ0) is 8.06. The van der Waals surface area contributed by atoms with E-state index in [2.05, 4.69) is 30.3 Å². The number of allylic oxidation sites excluding steroid dienone is 1. The average Bonchev–Trinajstić information content (AvgIpc) is 2.37. The van der Waals surface area contributed by atoms with Gasteiger partial charge in [-0.05, 0) is 6.42 Å². The summed E-state index contributed by atoms with van der Waals surface area (Å²) in [6.07, 6.45) is 1.08.